The van der Waals surface area contributed by atoms with Crippen LogP contribution in [0.5, 0.6) is 5.75 Å². The van der Waals surface area contributed by atoms with Crippen LogP contribution in [0.25, 0.3) is 11.1 Å². The number of hydrogen-bond donors (Lipinski definition) is 4. The van der Waals surface area contributed by atoms with Crippen LogP contribution in [0.1, 0.15) is 40.0 Å². The number of nitrogens with one attached hydrogen (secondary N) is 1. The molecule has 27 heavy (non-hydrogen) atoms. The van der Waals surface area contributed by atoms with Crippen molar-refractivity contribution in [2.45, 2.75) is 19.3 Å². The van der Waals surface area contributed by atoms with Crippen LogP contribution in [0.4, 0.5) is 0 Å². The fourth-order valence-corrected chi connectivity index (χ4v) is 2.56. The molecule has 2 aromatic carbocycles. The summed E-state index contributed by atoms with van der Waals surface area (Å²) in [5.41, 5.74) is 2.33. The topological polar surface area (TPSA) is 133 Å². The van der Waals surface area contributed by atoms with Gasteiger partial charge in [-0.25, -0.2) is 15.1 Å². The van der Waals surface area contributed by atoms with E-state index in [0.29, 0.717) is 24.0 Å². The smallest absolute Gasteiger partial charge is 0.340 e. The molecule has 0 aromatic heterocycles. The maximum Gasteiger partial charge on any atom is 0.340 e. The zero-order chi connectivity index (χ0) is 19.8. The average molecular weight is 373 g/mol. The summed E-state index contributed by atoms with van der Waals surface area (Å²) in [6.45, 7) is 0.192. The third-order valence-electron chi connectivity index (χ3n) is 3.84. The molecule has 4 N–H and O–H groups in total. The Balaban J connectivity index is 2.21. The van der Waals surface area contributed by atoms with Gasteiger partial charge < -0.3 is 14.9 Å². The molecule has 8 heteroatoms. The van der Waals surface area contributed by atoms with E-state index in [1.54, 1.807) is 24.3 Å². The molecular formula is C19H19NO7. The Morgan fingerprint density at radius 2 is 1.70 bits per heavy atom. The number of unbranched alkanes of at least 4 members (excludes halogenated alkanes) is 1. The van der Waals surface area contributed by atoms with Crippen molar-refractivity contribution in [3.8, 4) is 16.9 Å². The molecule has 0 aliphatic heterocycles. The molecule has 0 spiro atoms. The summed E-state index contributed by atoms with van der Waals surface area (Å²) in [4.78, 5) is 33.9. The van der Waals surface area contributed by atoms with Crippen molar-refractivity contribution in [3.05, 3.63) is 53.6 Å². The Kier molecular flexibility index (Phi) is 6.90. The molecule has 0 aliphatic carbocycles. The third-order valence-corrected chi connectivity index (χ3v) is 3.84. The minimum Gasteiger partial charge on any atom is -0.493 e. The number of hydrogen-bond acceptors (Lipinski definition) is 5. The molecule has 142 valence electrons. The summed E-state index contributed by atoms with van der Waals surface area (Å²) in [7, 11) is 0. The predicted molar refractivity (Wildman–Crippen MR) is 95.1 cm³/mol. The molecule has 0 unspecified atom stereocenters. The van der Waals surface area contributed by atoms with Gasteiger partial charge in [-0.15, -0.1) is 0 Å². The van der Waals surface area contributed by atoms with Gasteiger partial charge in [0.1, 0.15) is 11.3 Å². The van der Waals surface area contributed by atoms with Gasteiger partial charge >= 0.3 is 11.9 Å². The Morgan fingerprint density at radius 3 is 2.37 bits per heavy atom. The number of carboxylic acids is 2. The highest BCUT2D eigenvalue weighted by atomic mass is 16.5. The Hall–Kier alpha value is -3.39. The summed E-state index contributed by atoms with van der Waals surface area (Å²) < 4.78 is 5.56. The second kappa shape index (κ2) is 9.35. The second-order valence-corrected chi connectivity index (χ2v) is 5.71. The monoisotopic (exact) mass is 373 g/mol. The summed E-state index contributed by atoms with van der Waals surface area (Å²) >= 11 is 0. The summed E-state index contributed by atoms with van der Waals surface area (Å²) in [5.74, 6) is -2.64. The number of hydroxylamine groups is 1. The van der Waals surface area contributed by atoms with Gasteiger partial charge in [-0.1, -0.05) is 24.3 Å². The van der Waals surface area contributed by atoms with Gasteiger partial charge in [-0.2, -0.15) is 0 Å². The molecule has 0 aliphatic rings. The Labute approximate surface area is 155 Å². The van der Waals surface area contributed by atoms with Crippen LogP contribution >= 0.6 is 0 Å². The lowest BCUT2D eigenvalue weighted by Crippen LogP contribution is -2.18. The maximum absolute atomic E-state index is 11.8. The first kappa shape index (κ1) is 19.9. The van der Waals surface area contributed by atoms with Crippen LogP contribution in [-0.2, 0) is 4.79 Å². The highest BCUT2D eigenvalue weighted by Crippen LogP contribution is 2.31. The number of benzene rings is 2. The van der Waals surface area contributed by atoms with Crippen molar-refractivity contribution in [2.75, 3.05) is 6.61 Å². The lowest BCUT2D eigenvalue weighted by molar-refractivity contribution is -0.129. The highest BCUT2D eigenvalue weighted by Gasteiger charge is 2.18. The normalized spacial score (nSPS) is 10.3. The SMILES string of the molecule is O=C(CCCCOc1cccc(-c2cccc(C(=O)O)c2)c1C(=O)O)NO. The summed E-state index contributed by atoms with van der Waals surface area (Å²) in [6.07, 6.45) is 1.09. The van der Waals surface area contributed by atoms with E-state index in [4.69, 9.17) is 15.1 Å². The van der Waals surface area contributed by atoms with Gasteiger partial charge in [0.15, 0.2) is 0 Å². The van der Waals surface area contributed by atoms with E-state index in [0.717, 1.165) is 0 Å². The van der Waals surface area contributed by atoms with E-state index < -0.39 is 17.8 Å². The standard InChI is InChI=1S/C19H19NO7/c21-16(20-26)9-1-2-10-27-15-8-4-7-14(17(15)19(24)25)12-5-3-6-13(11-12)18(22)23/h3-8,11,26H,1-2,9-10H2,(H,20,21)(H,22,23)(H,24,25). The number of ether oxygens (including phenoxy) is 1. The van der Waals surface area contributed by atoms with Crippen molar-refractivity contribution < 1.29 is 34.5 Å². The average Bonchev–Trinajstić information content (AvgIpc) is 2.67. The second-order valence-electron chi connectivity index (χ2n) is 5.71. The van der Waals surface area contributed by atoms with E-state index in [9.17, 15) is 19.5 Å². The zero-order valence-electron chi connectivity index (χ0n) is 14.3. The quantitative estimate of drug-likeness (QED) is 0.302. The highest BCUT2D eigenvalue weighted by molar-refractivity contribution is 5.99. The van der Waals surface area contributed by atoms with Crippen molar-refractivity contribution in [1.29, 1.82) is 0 Å². The largest absolute Gasteiger partial charge is 0.493 e. The van der Waals surface area contributed by atoms with Crippen LogP contribution in [0.15, 0.2) is 42.5 Å². The third kappa shape index (κ3) is 5.29. The van der Waals surface area contributed by atoms with Crippen LogP contribution in [0, 0.1) is 0 Å². The molecule has 0 saturated carbocycles. The number of carbonyl (C=O) groups is 3. The van der Waals surface area contributed by atoms with Crippen LogP contribution in [0.2, 0.25) is 0 Å². The molecule has 0 radical (unpaired) electrons. The molecule has 0 atom stereocenters. The minimum atomic E-state index is -1.19. The molecule has 1 amide bonds. The van der Waals surface area contributed by atoms with Gasteiger partial charge in [0.05, 0.1) is 12.2 Å². The molecule has 2 rings (SSSR count). The maximum atomic E-state index is 11.8. The van der Waals surface area contributed by atoms with Gasteiger partial charge in [-0.05, 0) is 42.2 Å². The molecule has 2 aromatic rings. The van der Waals surface area contributed by atoms with E-state index in [1.165, 1.54) is 23.7 Å². The van der Waals surface area contributed by atoms with Crippen LogP contribution in [-0.4, -0.2) is 39.9 Å². The van der Waals surface area contributed by atoms with E-state index >= 15 is 0 Å². The summed E-state index contributed by atoms with van der Waals surface area (Å²) in [6, 6.07) is 10.7. The number of aromatic carboxylic acids is 2. The molecule has 0 saturated heterocycles. The Bertz CT molecular complexity index is 848. The van der Waals surface area contributed by atoms with E-state index in [-0.39, 0.29) is 29.9 Å². The van der Waals surface area contributed by atoms with Crippen molar-refractivity contribution in [3.63, 3.8) is 0 Å². The first-order valence-corrected chi connectivity index (χ1v) is 8.19. The number of amides is 1. The van der Waals surface area contributed by atoms with Gasteiger partial charge in [0.25, 0.3) is 0 Å². The van der Waals surface area contributed by atoms with Gasteiger partial charge in [0, 0.05) is 6.42 Å². The lowest BCUT2D eigenvalue weighted by atomic mass is 9.97. The minimum absolute atomic E-state index is 0.0531. The van der Waals surface area contributed by atoms with E-state index in [1.807, 2.05) is 0 Å². The van der Waals surface area contributed by atoms with Crippen LogP contribution in [0.3, 0.4) is 0 Å². The molecule has 8 nitrogen and oxygen atoms in total. The molecular weight excluding hydrogens is 354 g/mol. The first-order valence-electron chi connectivity index (χ1n) is 8.19. The molecule has 0 fully saturated rings. The number of rotatable bonds is 9. The van der Waals surface area contributed by atoms with Gasteiger partial charge in [0.2, 0.25) is 5.91 Å². The van der Waals surface area contributed by atoms with Crippen molar-refractivity contribution in [2.24, 2.45) is 0 Å². The zero-order valence-corrected chi connectivity index (χ0v) is 14.3. The van der Waals surface area contributed by atoms with Crippen molar-refractivity contribution in [1.82, 2.24) is 5.48 Å². The Morgan fingerprint density at radius 1 is 0.963 bits per heavy atom. The van der Waals surface area contributed by atoms with Gasteiger partial charge in [-0.3, -0.25) is 10.0 Å². The lowest BCUT2D eigenvalue weighted by Gasteiger charge is -2.13. The number of carbonyl (C=O) groups excluding carboxylic acids is 1. The molecule has 0 bridgehead atoms. The fourth-order valence-electron chi connectivity index (χ4n) is 2.56. The van der Waals surface area contributed by atoms with Crippen LogP contribution < -0.4 is 10.2 Å². The first-order chi connectivity index (χ1) is 12.9. The molecule has 0 heterocycles. The fraction of sp³-hybridized carbons (Fsp3) is 0.211. The summed E-state index contributed by atoms with van der Waals surface area (Å²) in [5, 5.41) is 27.2. The van der Waals surface area contributed by atoms with Crippen molar-refractivity contribution >= 4 is 17.8 Å². The van der Waals surface area contributed by atoms with E-state index in [2.05, 4.69) is 0 Å². The number of carboxylic acid groups (broad SMARTS) is 2. The predicted octanol–water partition coefficient (Wildman–Crippen LogP) is 2.80.